The number of rotatable bonds is 5. The molecule has 1 aliphatic heterocycles. The highest BCUT2D eigenvalue weighted by atomic mass is 16.2. The number of carbonyl (C=O) groups is 2. The van der Waals surface area contributed by atoms with Crippen molar-refractivity contribution in [1.29, 1.82) is 0 Å². The first kappa shape index (κ1) is 16.0. The predicted octanol–water partition coefficient (Wildman–Crippen LogP) is 0.748. The van der Waals surface area contributed by atoms with Gasteiger partial charge in [0.05, 0.1) is 11.5 Å². The maximum Gasteiger partial charge on any atom is 0.239 e. The average molecular weight is 269 g/mol. The Morgan fingerprint density at radius 1 is 1.47 bits per heavy atom. The van der Waals surface area contributed by atoms with E-state index in [1.807, 2.05) is 32.6 Å². The second kappa shape index (κ2) is 6.37. The maximum absolute atomic E-state index is 12.4. The first-order valence-corrected chi connectivity index (χ1v) is 7.05. The van der Waals surface area contributed by atoms with Crippen LogP contribution in [0.4, 0.5) is 0 Å². The van der Waals surface area contributed by atoms with Crippen molar-refractivity contribution in [2.75, 3.05) is 20.1 Å². The molecule has 0 spiro atoms. The SMILES string of the molecule is CNC(=O)C(C)(C)CN1CCCC(NC(C)C)C1=O. The molecule has 1 rings (SSSR count). The molecule has 2 N–H and O–H groups in total. The number of hydrogen-bond acceptors (Lipinski definition) is 3. The minimum Gasteiger partial charge on any atom is -0.359 e. The Labute approximate surface area is 116 Å². The first-order valence-electron chi connectivity index (χ1n) is 7.05. The van der Waals surface area contributed by atoms with Gasteiger partial charge in [0.25, 0.3) is 0 Å². The third-order valence-electron chi connectivity index (χ3n) is 3.49. The van der Waals surface area contributed by atoms with Crippen LogP contribution < -0.4 is 10.6 Å². The normalized spacial score (nSPS) is 20.8. The van der Waals surface area contributed by atoms with E-state index in [0.29, 0.717) is 12.6 Å². The third-order valence-corrected chi connectivity index (χ3v) is 3.49. The van der Waals surface area contributed by atoms with Crippen molar-refractivity contribution in [3.63, 3.8) is 0 Å². The van der Waals surface area contributed by atoms with Crippen LogP contribution in [0.3, 0.4) is 0 Å². The molecule has 1 aliphatic rings. The van der Waals surface area contributed by atoms with Gasteiger partial charge in [-0.15, -0.1) is 0 Å². The molecule has 0 bridgehead atoms. The summed E-state index contributed by atoms with van der Waals surface area (Å²) in [5.41, 5.74) is -0.551. The molecule has 0 aromatic heterocycles. The highest BCUT2D eigenvalue weighted by molar-refractivity contribution is 5.85. The van der Waals surface area contributed by atoms with Crippen molar-refractivity contribution in [2.45, 2.75) is 52.6 Å². The van der Waals surface area contributed by atoms with Crippen LogP contribution in [-0.2, 0) is 9.59 Å². The third kappa shape index (κ3) is 4.20. The Hall–Kier alpha value is -1.10. The van der Waals surface area contributed by atoms with E-state index in [1.54, 1.807) is 7.05 Å². The molecule has 1 saturated heterocycles. The zero-order chi connectivity index (χ0) is 14.6. The van der Waals surface area contributed by atoms with Crippen LogP contribution in [0.5, 0.6) is 0 Å². The van der Waals surface area contributed by atoms with E-state index in [-0.39, 0.29) is 17.9 Å². The van der Waals surface area contributed by atoms with Crippen LogP contribution >= 0.6 is 0 Å². The summed E-state index contributed by atoms with van der Waals surface area (Å²) in [4.78, 5) is 26.0. The molecule has 0 saturated carbocycles. The molecular formula is C14H27N3O2. The summed E-state index contributed by atoms with van der Waals surface area (Å²) in [6.07, 6.45) is 1.87. The zero-order valence-corrected chi connectivity index (χ0v) is 12.7. The smallest absolute Gasteiger partial charge is 0.239 e. The van der Waals surface area contributed by atoms with Gasteiger partial charge >= 0.3 is 0 Å². The van der Waals surface area contributed by atoms with Gasteiger partial charge in [0.2, 0.25) is 11.8 Å². The number of amides is 2. The van der Waals surface area contributed by atoms with Gasteiger partial charge in [0.1, 0.15) is 0 Å². The second-order valence-electron chi connectivity index (χ2n) is 6.24. The van der Waals surface area contributed by atoms with E-state index in [2.05, 4.69) is 10.6 Å². The molecule has 0 aliphatic carbocycles. The number of likely N-dealkylation sites (tertiary alicyclic amines) is 1. The molecular weight excluding hydrogens is 242 g/mol. The number of piperidine rings is 1. The van der Waals surface area contributed by atoms with Crippen molar-refractivity contribution in [3.8, 4) is 0 Å². The number of carbonyl (C=O) groups excluding carboxylic acids is 2. The highest BCUT2D eigenvalue weighted by Gasteiger charge is 2.35. The Morgan fingerprint density at radius 3 is 2.63 bits per heavy atom. The molecule has 0 aromatic carbocycles. The summed E-state index contributed by atoms with van der Waals surface area (Å²) in [5.74, 6) is 0.0937. The van der Waals surface area contributed by atoms with Crippen molar-refractivity contribution in [2.24, 2.45) is 5.41 Å². The van der Waals surface area contributed by atoms with Gasteiger partial charge in [-0.2, -0.15) is 0 Å². The zero-order valence-electron chi connectivity index (χ0n) is 12.7. The Bertz CT molecular complexity index is 340. The van der Waals surface area contributed by atoms with Crippen molar-refractivity contribution < 1.29 is 9.59 Å². The summed E-state index contributed by atoms with van der Waals surface area (Å²) >= 11 is 0. The fourth-order valence-corrected chi connectivity index (χ4v) is 2.54. The van der Waals surface area contributed by atoms with Gasteiger partial charge in [-0.1, -0.05) is 13.8 Å². The maximum atomic E-state index is 12.4. The number of nitrogens with one attached hydrogen (secondary N) is 2. The Balaban J connectivity index is 2.68. The van der Waals surface area contributed by atoms with Gasteiger partial charge in [-0.25, -0.2) is 0 Å². The largest absolute Gasteiger partial charge is 0.359 e. The molecule has 1 heterocycles. The van der Waals surface area contributed by atoms with E-state index in [0.717, 1.165) is 19.4 Å². The van der Waals surface area contributed by atoms with Crippen molar-refractivity contribution >= 4 is 11.8 Å². The Morgan fingerprint density at radius 2 is 2.11 bits per heavy atom. The lowest BCUT2D eigenvalue weighted by molar-refractivity contribution is -0.140. The molecule has 0 radical (unpaired) electrons. The van der Waals surface area contributed by atoms with Crippen molar-refractivity contribution in [1.82, 2.24) is 15.5 Å². The lowest BCUT2D eigenvalue weighted by Gasteiger charge is -2.37. The molecule has 1 atom stereocenters. The average Bonchev–Trinajstić information content (AvgIpc) is 2.32. The molecule has 1 fully saturated rings. The van der Waals surface area contributed by atoms with E-state index >= 15 is 0 Å². The van der Waals surface area contributed by atoms with Crippen LogP contribution in [0.25, 0.3) is 0 Å². The monoisotopic (exact) mass is 269 g/mol. The molecule has 0 aromatic rings. The lowest BCUT2D eigenvalue weighted by atomic mass is 9.90. The van der Waals surface area contributed by atoms with Gasteiger partial charge < -0.3 is 15.5 Å². The van der Waals surface area contributed by atoms with E-state index in [4.69, 9.17) is 0 Å². The molecule has 19 heavy (non-hydrogen) atoms. The summed E-state index contributed by atoms with van der Waals surface area (Å²) < 4.78 is 0. The van der Waals surface area contributed by atoms with Gasteiger partial charge in [0, 0.05) is 26.2 Å². The molecule has 5 heteroatoms. The summed E-state index contributed by atoms with van der Waals surface area (Å²) in [6.45, 7) is 9.05. The summed E-state index contributed by atoms with van der Waals surface area (Å²) in [7, 11) is 1.63. The van der Waals surface area contributed by atoms with Crippen LogP contribution in [-0.4, -0.2) is 48.9 Å². The molecule has 110 valence electrons. The fourth-order valence-electron chi connectivity index (χ4n) is 2.54. The van der Waals surface area contributed by atoms with E-state index in [9.17, 15) is 9.59 Å². The lowest BCUT2D eigenvalue weighted by Crippen LogP contribution is -2.55. The Kier molecular flexibility index (Phi) is 5.35. The second-order valence-corrected chi connectivity index (χ2v) is 6.24. The highest BCUT2D eigenvalue weighted by Crippen LogP contribution is 2.21. The van der Waals surface area contributed by atoms with Crippen LogP contribution in [0.1, 0.15) is 40.5 Å². The minimum atomic E-state index is -0.551. The molecule has 1 unspecified atom stereocenters. The molecule has 5 nitrogen and oxygen atoms in total. The van der Waals surface area contributed by atoms with Crippen LogP contribution in [0.15, 0.2) is 0 Å². The minimum absolute atomic E-state index is 0.0285. The van der Waals surface area contributed by atoms with Crippen LogP contribution in [0.2, 0.25) is 0 Å². The standard InChI is InChI=1S/C14H27N3O2/c1-10(2)16-11-7-6-8-17(12(11)18)9-14(3,4)13(19)15-5/h10-11,16H,6-9H2,1-5H3,(H,15,19). The van der Waals surface area contributed by atoms with Gasteiger partial charge in [-0.3, -0.25) is 9.59 Å². The van der Waals surface area contributed by atoms with E-state index < -0.39 is 5.41 Å². The summed E-state index contributed by atoms with van der Waals surface area (Å²) in [5, 5.41) is 5.96. The van der Waals surface area contributed by atoms with Gasteiger partial charge in [0.15, 0.2) is 0 Å². The van der Waals surface area contributed by atoms with E-state index in [1.165, 1.54) is 0 Å². The van der Waals surface area contributed by atoms with Crippen LogP contribution in [0, 0.1) is 5.41 Å². The van der Waals surface area contributed by atoms with Crippen molar-refractivity contribution in [3.05, 3.63) is 0 Å². The first-order chi connectivity index (χ1) is 8.77. The number of nitrogens with zero attached hydrogens (tertiary/aromatic N) is 1. The predicted molar refractivity (Wildman–Crippen MR) is 75.7 cm³/mol. The molecule has 2 amide bonds. The summed E-state index contributed by atoms with van der Waals surface area (Å²) in [6, 6.07) is 0.190. The fraction of sp³-hybridized carbons (Fsp3) is 0.857. The number of hydrogen-bond donors (Lipinski definition) is 2. The quantitative estimate of drug-likeness (QED) is 0.774. The topological polar surface area (TPSA) is 61.4 Å². The van der Waals surface area contributed by atoms with Gasteiger partial charge in [-0.05, 0) is 26.7 Å².